The molecule has 0 unspecified atom stereocenters. The first kappa shape index (κ1) is 13.3. The molecule has 0 spiro atoms. The van der Waals surface area contributed by atoms with E-state index >= 15 is 0 Å². The molecular weight excluding hydrogens is 193 g/mol. The van der Waals surface area contributed by atoms with Crippen molar-refractivity contribution in [1.82, 2.24) is 4.81 Å². The minimum atomic E-state index is 0.543. The van der Waals surface area contributed by atoms with Crippen molar-refractivity contribution in [3.8, 4) is 0 Å². The maximum Gasteiger partial charge on any atom is 0.248 e. The van der Waals surface area contributed by atoms with E-state index in [1.165, 1.54) is 16.6 Å². The van der Waals surface area contributed by atoms with Crippen LogP contribution in [-0.2, 0) is 0 Å². The molecule has 0 N–H and O–H groups in total. The molecule has 1 rings (SSSR count). The highest BCUT2D eigenvalue weighted by Gasteiger charge is 2.15. The number of benzene rings is 1. The fraction of sp³-hybridized carbons (Fsp3) is 0.571. The van der Waals surface area contributed by atoms with Crippen LogP contribution < -0.4 is 5.46 Å². The van der Waals surface area contributed by atoms with Crippen molar-refractivity contribution in [3.05, 3.63) is 29.3 Å². The summed E-state index contributed by atoms with van der Waals surface area (Å²) in [6.45, 7) is 13.3. The Morgan fingerprint density at radius 3 is 1.94 bits per heavy atom. The number of aryl methyl sites for hydroxylation is 2. The Morgan fingerprint density at radius 2 is 1.50 bits per heavy atom. The second-order valence-electron chi connectivity index (χ2n) is 5.11. The average molecular weight is 216 g/mol. The van der Waals surface area contributed by atoms with Crippen LogP contribution in [0, 0.1) is 13.8 Å². The van der Waals surface area contributed by atoms with Crippen LogP contribution in [0.4, 0.5) is 0 Å². The van der Waals surface area contributed by atoms with E-state index in [-0.39, 0.29) is 0 Å². The summed E-state index contributed by atoms with van der Waals surface area (Å²) in [6.07, 6.45) is 0. The minimum Gasteiger partial charge on any atom is -0.338 e. The van der Waals surface area contributed by atoms with E-state index in [0.29, 0.717) is 12.1 Å². The molecule has 0 aliphatic heterocycles. The molecule has 1 aromatic rings. The van der Waals surface area contributed by atoms with Gasteiger partial charge in [0, 0.05) is 0 Å². The molecule has 87 valence electrons. The van der Waals surface area contributed by atoms with Crippen LogP contribution >= 0.6 is 0 Å². The summed E-state index contributed by atoms with van der Waals surface area (Å²) in [6, 6.07) is 7.73. The second kappa shape index (κ2) is 5.54. The van der Waals surface area contributed by atoms with Crippen LogP contribution in [0.2, 0.25) is 0 Å². The summed E-state index contributed by atoms with van der Waals surface area (Å²) in [4.78, 5) is 2.39. The minimum absolute atomic E-state index is 0.543. The number of hydrogen-bond donors (Lipinski definition) is 0. The molecule has 1 aromatic carbocycles. The van der Waals surface area contributed by atoms with Crippen LogP contribution in [0.1, 0.15) is 38.8 Å². The molecule has 0 aliphatic carbocycles. The fourth-order valence-electron chi connectivity index (χ4n) is 1.91. The second-order valence-corrected chi connectivity index (χ2v) is 5.11. The Hall–Kier alpha value is -0.755. The van der Waals surface area contributed by atoms with Gasteiger partial charge >= 0.3 is 0 Å². The summed E-state index contributed by atoms with van der Waals surface area (Å²) in [5, 5.41) is 0. The monoisotopic (exact) mass is 216 g/mol. The summed E-state index contributed by atoms with van der Waals surface area (Å²) in [7, 11) is 2.27. The van der Waals surface area contributed by atoms with Gasteiger partial charge in [0.25, 0.3) is 0 Å². The van der Waals surface area contributed by atoms with Crippen molar-refractivity contribution in [2.75, 3.05) is 0 Å². The van der Waals surface area contributed by atoms with Gasteiger partial charge < -0.3 is 4.81 Å². The van der Waals surface area contributed by atoms with Gasteiger partial charge in [0.2, 0.25) is 7.41 Å². The third kappa shape index (κ3) is 3.38. The zero-order chi connectivity index (χ0) is 12.3. The lowest BCUT2D eigenvalue weighted by Crippen LogP contribution is -2.45. The predicted octanol–water partition coefficient (Wildman–Crippen LogP) is 2.67. The molecule has 0 saturated carbocycles. The lowest BCUT2D eigenvalue weighted by molar-refractivity contribution is 0.315. The van der Waals surface area contributed by atoms with Crippen molar-refractivity contribution in [1.29, 1.82) is 0 Å². The molecule has 0 saturated heterocycles. The van der Waals surface area contributed by atoms with Crippen molar-refractivity contribution >= 4 is 12.9 Å². The maximum absolute atomic E-state index is 2.39. The van der Waals surface area contributed by atoms with Crippen LogP contribution in [0.15, 0.2) is 18.2 Å². The van der Waals surface area contributed by atoms with Crippen LogP contribution in [0.3, 0.4) is 0 Å². The Labute approximate surface area is 101 Å². The number of nitrogens with zero attached hydrogens (tertiary/aromatic N) is 1. The number of rotatable bonds is 4. The Kier molecular flexibility index (Phi) is 4.61. The standard InChI is InChI=1S/C14H23BN/c1-10(2)16(11(3)4)15-14-8-7-12(5)13(6)9-14/h7-11H,1-6H3. The van der Waals surface area contributed by atoms with Gasteiger partial charge in [-0.2, -0.15) is 0 Å². The van der Waals surface area contributed by atoms with Gasteiger partial charge in [-0.05, 0) is 37.1 Å². The first-order chi connectivity index (χ1) is 7.41. The van der Waals surface area contributed by atoms with Crippen molar-refractivity contribution < 1.29 is 0 Å². The lowest BCUT2D eigenvalue weighted by atomic mass is 9.77. The van der Waals surface area contributed by atoms with Crippen LogP contribution in [0.5, 0.6) is 0 Å². The molecule has 0 fully saturated rings. The molecule has 0 atom stereocenters. The molecule has 2 heteroatoms. The molecule has 0 amide bonds. The quantitative estimate of drug-likeness (QED) is 0.699. The van der Waals surface area contributed by atoms with Gasteiger partial charge in [0.1, 0.15) is 0 Å². The zero-order valence-corrected chi connectivity index (χ0v) is 11.4. The summed E-state index contributed by atoms with van der Waals surface area (Å²) in [5.41, 5.74) is 4.02. The highest BCUT2D eigenvalue weighted by molar-refractivity contribution is 6.50. The van der Waals surface area contributed by atoms with E-state index in [2.05, 4.69) is 72.0 Å². The van der Waals surface area contributed by atoms with Gasteiger partial charge in [-0.15, -0.1) is 0 Å². The topological polar surface area (TPSA) is 3.24 Å². The molecule has 0 heterocycles. The highest BCUT2D eigenvalue weighted by atomic mass is 15.1. The summed E-state index contributed by atoms with van der Waals surface area (Å²) >= 11 is 0. The van der Waals surface area contributed by atoms with E-state index in [1.807, 2.05) is 0 Å². The molecule has 1 radical (unpaired) electrons. The molecule has 0 bridgehead atoms. The van der Waals surface area contributed by atoms with Crippen molar-refractivity contribution in [2.45, 2.75) is 53.6 Å². The van der Waals surface area contributed by atoms with Gasteiger partial charge in [-0.25, -0.2) is 0 Å². The maximum atomic E-state index is 2.39. The van der Waals surface area contributed by atoms with Crippen LogP contribution in [0.25, 0.3) is 0 Å². The third-order valence-electron chi connectivity index (χ3n) is 3.02. The van der Waals surface area contributed by atoms with Gasteiger partial charge in [-0.1, -0.05) is 51.4 Å². The predicted molar refractivity (Wildman–Crippen MR) is 73.4 cm³/mol. The van der Waals surface area contributed by atoms with E-state index in [4.69, 9.17) is 0 Å². The van der Waals surface area contributed by atoms with Crippen LogP contribution in [-0.4, -0.2) is 24.3 Å². The van der Waals surface area contributed by atoms with Gasteiger partial charge in [0.15, 0.2) is 0 Å². The Balaban J connectivity index is 2.81. The van der Waals surface area contributed by atoms with Gasteiger partial charge in [-0.3, -0.25) is 0 Å². The first-order valence-electron chi connectivity index (χ1n) is 6.11. The lowest BCUT2D eigenvalue weighted by Gasteiger charge is -2.30. The fourth-order valence-corrected chi connectivity index (χ4v) is 1.91. The molecule has 16 heavy (non-hydrogen) atoms. The van der Waals surface area contributed by atoms with E-state index in [1.54, 1.807) is 0 Å². The normalized spacial score (nSPS) is 11.6. The van der Waals surface area contributed by atoms with E-state index in [9.17, 15) is 0 Å². The Morgan fingerprint density at radius 1 is 0.938 bits per heavy atom. The first-order valence-corrected chi connectivity index (χ1v) is 6.11. The average Bonchev–Trinajstić information content (AvgIpc) is 2.18. The zero-order valence-electron chi connectivity index (χ0n) is 11.4. The number of hydrogen-bond acceptors (Lipinski definition) is 1. The smallest absolute Gasteiger partial charge is 0.248 e. The van der Waals surface area contributed by atoms with Crippen molar-refractivity contribution in [2.24, 2.45) is 0 Å². The molecule has 1 nitrogen and oxygen atoms in total. The van der Waals surface area contributed by atoms with E-state index in [0.717, 1.165) is 0 Å². The Bertz CT molecular complexity index is 337. The molecular formula is C14H23BN. The molecule has 0 aliphatic rings. The van der Waals surface area contributed by atoms with Gasteiger partial charge in [0.05, 0.1) is 0 Å². The molecule has 0 aromatic heterocycles. The van der Waals surface area contributed by atoms with Crippen molar-refractivity contribution in [3.63, 3.8) is 0 Å². The SMILES string of the molecule is Cc1ccc([B]N(C(C)C)C(C)C)cc1C. The summed E-state index contributed by atoms with van der Waals surface area (Å²) < 4.78 is 0. The van der Waals surface area contributed by atoms with E-state index < -0.39 is 0 Å². The summed E-state index contributed by atoms with van der Waals surface area (Å²) in [5.74, 6) is 0. The third-order valence-corrected chi connectivity index (χ3v) is 3.02. The largest absolute Gasteiger partial charge is 0.338 e. The highest BCUT2D eigenvalue weighted by Crippen LogP contribution is 2.06.